The van der Waals surface area contributed by atoms with Gasteiger partial charge < -0.3 is 19.7 Å². The Bertz CT molecular complexity index is 831. The molecular formula is C17H18N2O4. The van der Waals surface area contributed by atoms with E-state index in [1.165, 1.54) is 6.07 Å². The Hall–Kier alpha value is -2.18. The molecule has 0 saturated carbocycles. The van der Waals surface area contributed by atoms with E-state index in [1.807, 2.05) is 18.2 Å². The maximum atomic E-state index is 13.0. The number of aromatic amines is 1. The van der Waals surface area contributed by atoms with Crippen molar-refractivity contribution in [3.8, 4) is 0 Å². The molecule has 23 heavy (non-hydrogen) atoms. The summed E-state index contributed by atoms with van der Waals surface area (Å²) in [4.78, 5) is 29.3. The topological polar surface area (TPSA) is 82.6 Å². The first-order chi connectivity index (χ1) is 11.1. The molecule has 2 saturated heterocycles. The Labute approximate surface area is 132 Å². The maximum absolute atomic E-state index is 13.0. The summed E-state index contributed by atoms with van der Waals surface area (Å²) in [5.41, 5.74) is 0.431. The van der Waals surface area contributed by atoms with Crippen LogP contribution in [0, 0.1) is 11.3 Å². The second-order valence-electron chi connectivity index (χ2n) is 6.51. The molecule has 0 unspecified atom stereocenters. The highest BCUT2D eigenvalue weighted by molar-refractivity contribution is 6.06. The number of nitrogens with zero attached hydrogens (tertiary/aromatic N) is 1. The Balaban J connectivity index is 1.72. The van der Waals surface area contributed by atoms with Crippen LogP contribution in [0.3, 0.4) is 0 Å². The van der Waals surface area contributed by atoms with Crippen LogP contribution in [0.5, 0.6) is 0 Å². The molecule has 3 heterocycles. The van der Waals surface area contributed by atoms with Crippen molar-refractivity contribution in [2.24, 2.45) is 11.3 Å². The van der Waals surface area contributed by atoms with Crippen LogP contribution in [0.15, 0.2) is 35.1 Å². The summed E-state index contributed by atoms with van der Waals surface area (Å²) >= 11 is 0. The number of benzene rings is 1. The van der Waals surface area contributed by atoms with Gasteiger partial charge in [-0.2, -0.15) is 0 Å². The number of likely N-dealkylation sites (tertiary alicyclic amines) is 1. The van der Waals surface area contributed by atoms with Gasteiger partial charge in [-0.05, 0) is 6.07 Å². The third-order valence-electron chi connectivity index (χ3n) is 5.10. The van der Waals surface area contributed by atoms with Crippen molar-refractivity contribution >= 4 is 16.8 Å². The lowest BCUT2D eigenvalue weighted by molar-refractivity contribution is 0.0632. The van der Waals surface area contributed by atoms with Crippen LogP contribution < -0.4 is 5.56 Å². The SMILES string of the molecule is O=C(c1cc(=O)[nH]c2ccccc12)N1C[C@H]2COC[C@@]2(CO)C1. The number of nitrogens with one attached hydrogen (secondary N) is 1. The number of para-hydroxylation sites is 1. The minimum atomic E-state index is -0.355. The highest BCUT2D eigenvalue weighted by atomic mass is 16.5. The van der Waals surface area contributed by atoms with E-state index >= 15 is 0 Å². The van der Waals surface area contributed by atoms with Gasteiger partial charge in [-0.15, -0.1) is 0 Å². The molecule has 2 N–H and O–H groups in total. The maximum Gasteiger partial charge on any atom is 0.254 e. The van der Waals surface area contributed by atoms with E-state index < -0.39 is 0 Å². The number of amides is 1. The Morgan fingerprint density at radius 1 is 1.43 bits per heavy atom. The molecule has 0 radical (unpaired) electrons. The number of fused-ring (bicyclic) bond motifs is 2. The van der Waals surface area contributed by atoms with Crippen LogP contribution in [0.4, 0.5) is 0 Å². The van der Waals surface area contributed by atoms with E-state index in [4.69, 9.17) is 4.74 Å². The van der Waals surface area contributed by atoms with Crippen LogP contribution in [0.2, 0.25) is 0 Å². The van der Waals surface area contributed by atoms with Crippen LogP contribution in [0.1, 0.15) is 10.4 Å². The monoisotopic (exact) mass is 314 g/mol. The molecule has 6 heteroatoms. The van der Waals surface area contributed by atoms with Gasteiger partial charge in [0.1, 0.15) is 0 Å². The van der Waals surface area contributed by atoms with E-state index in [-0.39, 0.29) is 29.4 Å². The number of aromatic nitrogens is 1. The fourth-order valence-corrected chi connectivity index (χ4v) is 3.76. The van der Waals surface area contributed by atoms with Gasteiger partial charge in [-0.1, -0.05) is 18.2 Å². The molecule has 4 rings (SSSR count). The molecule has 2 fully saturated rings. The number of H-pyrrole nitrogens is 1. The van der Waals surface area contributed by atoms with E-state index in [2.05, 4.69) is 4.98 Å². The molecule has 2 atom stereocenters. The summed E-state index contributed by atoms with van der Waals surface area (Å²) in [5, 5.41) is 10.5. The Morgan fingerprint density at radius 2 is 2.26 bits per heavy atom. The van der Waals surface area contributed by atoms with Crippen molar-refractivity contribution in [3.63, 3.8) is 0 Å². The number of aliphatic hydroxyl groups excluding tert-OH is 1. The Morgan fingerprint density at radius 3 is 3.04 bits per heavy atom. The van der Waals surface area contributed by atoms with Crippen molar-refractivity contribution in [3.05, 3.63) is 46.2 Å². The van der Waals surface area contributed by atoms with Gasteiger partial charge in [0.15, 0.2) is 0 Å². The van der Waals surface area contributed by atoms with Gasteiger partial charge >= 0.3 is 0 Å². The molecule has 2 aliphatic rings. The first-order valence-corrected chi connectivity index (χ1v) is 7.73. The van der Waals surface area contributed by atoms with Gasteiger partial charge in [0.25, 0.3) is 5.91 Å². The highest BCUT2D eigenvalue weighted by Crippen LogP contribution is 2.41. The predicted octanol–water partition coefficient (Wildman–Crippen LogP) is 0.609. The molecular weight excluding hydrogens is 296 g/mol. The summed E-state index contributed by atoms with van der Waals surface area (Å²) in [6, 6.07) is 8.65. The van der Waals surface area contributed by atoms with Crippen molar-refractivity contribution in [2.75, 3.05) is 32.9 Å². The van der Waals surface area contributed by atoms with Crippen molar-refractivity contribution in [1.82, 2.24) is 9.88 Å². The summed E-state index contributed by atoms with van der Waals surface area (Å²) in [6.07, 6.45) is 0. The Kier molecular flexibility index (Phi) is 3.25. The standard InChI is InChI=1S/C17H18N2O4/c20-9-17-8-19(6-11(17)7-23-10-17)16(22)13-5-15(21)18-14-4-2-1-3-12(13)14/h1-5,11,20H,6-10H2,(H,18,21)/t11-,17-/m0/s1. The van der Waals surface area contributed by atoms with Crippen LogP contribution in [-0.2, 0) is 4.74 Å². The largest absolute Gasteiger partial charge is 0.396 e. The smallest absolute Gasteiger partial charge is 0.254 e. The molecule has 1 aromatic heterocycles. The quantitative estimate of drug-likeness (QED) is 0.851. The van der Waals surface area contributed by atoms with Gasteiger partial charge in [-0.3, -0.25) is 9.59 Å². The van der Waals surface area contributed by atoms with Gasteiger partial charge in [0.05, 0.1) is 25.4 Å². The molecule has 0 aliphatic carbocycles. The fourth-order valence-electron chi connectivity index (χ4n) is 3.76. The lowest BCUT2D eigenvalue weighted by atomic mass is 9.82. The predicted molar refractivity (Wildman–Crippen MR) is 84.3 cm³/mol. The molecule has 6 nitrogen and oxygen atoms in total. The van der Waals surface area contributed by atoms with E-state index in [0.717, 1.165) is 5.39 Å². The number of rotatable bonds is 2. The third-order valence-corrected chi connectivity index (χ3v) is 5.10. The van der Waals surface area contributed by atoms with E-state index in [1.54, 1.807) is 11.0 Å². The van der Waals surface area contributed by atoms with Crippen molar-refractivity contribution in [1.29, 1.82) is 0 Å². The highest BCUT2D eigenvalue weighted by Gasteiger charge is 2.51. The molecule has 120 valence electrons. The molecule has 0 spiro atoms. The fraction of sp³-hybridized carbons (Fsp3) is 0.412. The first-order valence-electron chi connectivity index (χ1n) is 7.73. The lowest BCUT2D eigenvalue weighted by Gasteiger charge is -2.24. The molecule has 1 aromatic carbocycles. The summed E-state index contributed by atoms with van der Waals surface area (Å²) < 4.78 is 5.48. The van der Waals surface area contributed by atoms with E-state index in [0.29, 0.717) is 37.4 Å². The zero-order chi connectivity index (χ0) is 16.0. The number of hydrogen-bond acceptors (Lipinski definition) is 4. The van der Waals surface area contributed by atoms with Crippen LogP contribution in [-0.4, -0.2) is 53.8 Å². The molecule has 2 aromatic rings. The molecule has 0 bridgehead atoms. The van der Waals surface area contributed by atoms with Gasteiger partial charge in [0.2, 0.25) is 5.56 Å². The van der Waals surface area contributed by atoms with Crippen molar-refractivity contribution < 1.29 is 14.6 Å². The number of aliphatic hydroxyl groups is 1. The van der Waals surface area contributed by atoms with Crippen LogP contribution in [0.25, 0.3) is 10.9 Å². The third kappa shape index (κ3) is 2.17. The van der Waals surface area contributed by atoms with Crippen LogP contribution >= 0.6 is 0 Å². The first kappa shape index (κ1) is 14.4. The van der Waals surface area contributed by atoms with Gasteiger partial charge in [0, 0.05) is 41.4 Å². The average Bonchev–Trinajstić information content (AvgIpc) is 3.10. The zero-order valence-electron chi connectivity index (χ0n) is 12.6. The minimum Gasteiger partial charge on any atom is -0.396 e. The average molecular weight is 314 g/mol. The van der Waals surface area contributed by atoms with Gasteiger partial charge in [-0.25, -0.2) is 0 Å². The number of pyridine rings is 1. The lowest BCUT2D eigenvalue weighted by Crippen LogP contribution is -2.36. The number of carbonyl (C=O) groups is 1. The second-order valence-corrected chi connectivity index (χ2v) is 6.51. The zero-order valence-corrected chi connectivity index (χ0v) is 12.6. The minimum absolute atomic E-state index is 0.0115. The number of carbonyl (C=O) groups excluding carboxylic acids is 1. The number of hydrogen-bond donors (Lipinski definition) is 2. The second kappa shape index (κ2) is 5.18. The normalized spacial score (nSPS) is 26.7. The van der Waals surface area contributed by atoms with E-state index in [9.17, 15) is 14.7 Å². The molecule has 2 aliphatic heterocycles. The summed E-state index contributed by atoms with van der Waals surface area (Å²) in [7, 11) is 0. The van der Waals surface area contributed by atoms with Crippen molar-refractivity contribution in [2.45, 2.75) is 0 Å². The number of ether oxygens (including phenoxy) is 1. The summed E-state index contributed by atoms with van der Waals surface area (Å²) in [6.45, 7) is 2.08. The molecule has 1 amide bonds. The summed E-state index contributed by atoms with van der Waals surface area (Å²) in [5.74, 6) is -0.000708.